The van der Waals surface area contributed by atoms with E-state index in [2.05, 4.69) is 25.5 Å². The number of hydrogen-bond acceptors (Lipinski definition) is 7. The number of guanidine groups is 1. The lowest BCUT2D eigenvalue weighted by atomic mass is 10.1. The van der Waals surface area contributed by atoms with Crippen molar-refractivity contribution in [3.8, 4) is 0 Å². The summed E-state index contributed by atoms with van der Waals surface area (Å²) in [5.74, 6) is 1.45. The van der Waals surface area contributed by atoms with Crippen molar-refractivity contribution in [3.63, 3.8) is 0 Å². The predicted octanol–water partition coefficient (Wildman–Crippen LogP) is 0.545. The molecule has 0 aromatic carbocycles. The molecule has 2 aromatic heterocycles. The van der Waals surface area contributed by atoms with Crippen molar-refractivity contribution in [2.75, 3.05) is 39.8 Å². The lowest BCUT2D eigenvalue weighted by Gasteiger charge is -2.35. The molecule has 1 aliphatic rings. The number of nitrogens with zero attached hydrogens (tertiary/aromatic N) is 5. The number of aliphatic imine (C=N–C) groups is 1. The van der Waals surface area contributed by atoms with Gasteiger partial charge in [0.25, 0.3) is 0 Å². The first-order valence-electron chi connectivity index (χ1n) is 9.15. The monoisotopic (exact) mass is 410 g/mol. The predicted molar refractivity (Wildman–Crippen MR) is 103 cm³/mol. The Labute approximate surface area is 164 Å². The molecule has 0 bridgehead atoms. The van der Waals surface area contributed by atoms with E-state index in [0.29, 0.717) is 38.4 Å². The first kappa shape index (κ1) is 20.3. The van der Waals surface area contributed by atoms with Crippen LogP contribution < -0.4 is 5.32 Å². The third-order valence-electron chi connectivity index (χ3n) is 4.80. The van der Waals surface area contributed by atoms with Gasteiger partial charge in [-0.2, -0.15) is 4.31 Å². The second-order valence-corrected chi connectivity index (χ2v) is 8.63. The van der Waals surface area contributed by atoms with Gasteiger partial charge in [-0.15, -0.1) is 0 Å². The van der Waals surface area contributed by atoms with E-state index in [1.807, 2.05) is 13.8 Å². The minimum atomic E-state index is -3.41. The van der Waals surface area contributed by atoms with E-state index in [1.54, 1.807) is 13.1 Å². The Hall–Kier alpha value is -2.40. The average molecular weight is 411 g/mol. The van der Waals surface area contributed by atoms with Crippen LogP contribution >= 0.6 is 0 Å². The molecule has 28 heavy (non-hydrogen) atoms. The quantitative estimate of drug-likeness (QED) is 0.542. The molecule has 0 aliphatic carbocycles. The first-order valence-corrected chi connectivity index (χ1v) is 10.8. The molecule has 1 saturated heterocycles. The van der Waals surface area contributed by atoms with Gasteiger partial charge in [-0.25, -0.2) is 8.42 Å². The van der Waals surface area contributed by atoms with Gasteiger partial charge < -0.3 is 19.3 Å². The molecule has 3 rings (SSSR count). The van der Waals surface area contributed by atoms with Crippen LogP contribution in [0.3, 0.4) is 0 Å². The molecule has 0 atom stereocenters. The smallest absolute Gasteiger partial charge is 0.220 e. The van der Waals surface area contributed by atoms with Crippen molar-refractivity contribution in [2.24, 2.45) is 4.99 Å². The molecule has 0 saturated carbocycles. The van der Waals surface area contributed by atoms with Crippen LogP contribution in [-0.4, -0.2) is 73.7 Å². The second kappa shape index (κ2) is 8.74. The van der Waals surface area contributed by atoms with Gasteiger partial charge in [-0.05, 0) is 20.3 Å². The summed E-state index contributed by atoms with van der Waals surface area (Å²) in [6.45, 7) is 6.49. The van der Waals surface area contributed by atoms with Crippen molar-refractivity contribution in [1.82, 2.24) is 24.8 Å². The second-order valence-electron chi connectivity index (χ2n) is 6.66. The van der Waals surface area contributed by atoms with E-state index in [9.17, 15) is 8.42 Å². The lowest BCUT2D eigenvalue weighted by Crippen LogP contribution is -2.54. The summed E-state index contributed by atoms with van der Waals surface area (Å²) in [7, 11) is -1.68. The topological polar surface area (TPSA) is 117 Å². The molecule has 0 spiro atoms. The van der Waals surface area contributed by atoms with Gasteiger partial charge in [0.05, 0.1) is 11.4 Å². The molecule has 10 nitrogen and oxygen atoms in total. The zero-order chi connectivity index (χ0) is 20.1. The van der Waals surface area contributed by atoms with Crippen LogP contribution in [0.5, 0.6) is 0 Å². The Morgan fingerprint density at radius 2 is 2.00 bits per heavy atom. The molecule has 1 fully saturated rings. The van der Waals surface area contributed by atoms with Crippen LogP contribution in [0.15, 0.2) is 26.4 Å². The Balaban J connectivity index is 1.50. The largest absolute Gasteiger partial charge is 0.364 e. The fourth-order valence-electron chi connectivity index (χ4n) is 3.26. The summed E-state index contributed by atoms with van der Waals surface area (Å²) < 4.78 is 36.5. The molecular weight excluding hydrogens is 384 g/mol. The number of aromatic nitrogens is 2. The molecule has 154 valence electrons. The summed E-state index contributed by atoms with van der Waals surface area (Å²) in [5.41, 5.74) is 2.42. The molecule has 0 radical (unpaired) electrons. The maximum atomic E-state index is 12.5. The Kier molecular flexibility index (Phi) is 6.35. The highest BCUT2D eigenvalue weighted by Crippen LogP contribution is 2.14. The van der Waals surface area contributed by atoms with Gasteiger partial charge in [0, 0.05) is 51.4 Å². The van der Waals surface area contributed by atoms with Crippen molar-refractivity contribution in [1.29, 1.82) is 0 Å². The summed E-state index contributed by atoms with van der Waals surface area (Å²) in [4.78, 5) is 6.39. The average Bonchev–Trinajstić information content (AvgIpc) is 3.29. The van der Waals surface area contributed by atoms with Crippen LogP contribution in [0.2, 0.25) is 0 Å². The standard InChI is InChI=1S/C17H26N6O4S/c1-13-16(14(2)27-20-13)4-6-19-17(18-3)22-7-9-23(10-8-22)28(24,25)12-15-5-11-26-21-15/h5,11H,4,6-10,12H2,1-3H3,(H,18,19). The summed E-state index contributed by atoms with van der Waals surface area (Å²) in [6, 6.07) is 1.57. The van der Waals surface area contributed by atoms with E-state index in [0.717, 1.165) is 29.4 Å². The third kappa shape index (κ3) is 4.71. The van der Waals surface area contributed by atoms with Gasteiger partial charge in [-0.1, -0.05) is 10.3 Å². The first-order chi connectivity index (χ1) is 13.4. The molecule has 1 N–H and O–H groups in total. The maximum absolute atomic E-state index is 12.5. The van der Waals surface area contributed by atoms with E-state index in [1.165, 1.54) is 10.6 Å². The van der Waals surface area contributed by atoms with Gasteiger partial charge >= 0.3 is 0 Å². The highest BCUT2D eigenvalue weighted by molar-refractivity contribution is 7.88. The molecule has 11 heteroatoms. The summed E-state index contributed by atoms with van der Waals surface area (Å²) in [6.07, 6.45) is 2.16. The summed E-state index contributed by atoms with van der Waals surface area (Å²) in [5, 5.41) is 11.0. The van der Waals surface area contributed by atoms with E-state index in [4.69, 9.17) is 9.05 Å². The maximum Gasteiger partial charge on any atom is 0.220 e. The Morgan fingerprint density at radius 1 is 1.25 bits per heavy atom. The van der Waals surface area contributed by atoms with Crippen molar-refractivity contribution in [3.05, 3.63) is 35.0 Å². The van der Waals surface area contributed by atoms with Crippen molar-refractivity contribution in [2.45, 2.75) is 26.0 Å². The van der Waals surface area contributed by atoms with Crippen LogP contribution in [0, 0.1) is 13.8 Å². The van der Waals surface area contributed by atoms with Gasteiger partial charge in [0.15, 0.2) is 5.96 Å². The van der Waals surface area contributed by atoms with Crippen molar-refractivity contribution < 1.29 is 17.5 Å². The fourth-order valence-corrected chi connectivity index (χ4v) is 4.68. The van der Waals surface area contributed by atoms with E-state index < -0.39 is 10.0 Å². The fraction of sp³-hybridized carbons (Fsp3) is 0.588. The third-order valence-corrected chi connectivity index (χ3v) is 6.62. The Bertz CT molecular complexity index is 879. The number of nitrogens with one attached hydrogen (secondary N) is 1. The van der Waals surface area contributed by atoms with Gasteiger partial charge in [0.1, 0.15) is 17.8 Å². The molecule has 1 aliphatic heterocycles. The van der Waals surface area contributed by atoms with Crippen LogP contribution in [-0.2, 0) is 22.2 Å². The zero-order valence-electron chi connectivity index (χ0n) is 16.4. The molecule has 0 unspecified atom stereocenters. The Morgan fingerprint density at radius 3 is 2.57 bits per heavy atom. The highest BCUT2D eigenvalue weighted by atomic mass is 32.2. The van der Waals surface area contributed by atoms with E-state index in [-0.39, 0.29) is 5.75 Å². The minimum absolute atomic E-state index is 0.145. The van der Waals surface area contributed by atoms with Gasteiger partial charge in [0.2, 0.25) is 10.0 Å². The van der Waals surface area contributed by atoms with Crippen molar-refractivity contribution >= 4 is 16.0 Å². The number of rotatable bonds is 6. The van der Waals surface area contributed by atoms with E-state index >= 15 is 0 Å². The molecular formula is C17H26N6O4S. The number of hydrogen-bond donors (Lipinski definition) is 1. The lowest BCUT2D eigenvalue weighted by molar-refractivity contribution is 0.260. The van der Waals surface area contributed by atoms with Crippen LogP contribution in [0.1, 0.15) is 22.7 Å². The number of aryl methyl sites for hydroxylation is 2. The number of sulfonamides is 1. The molecule has 3 heterocycles. The molecule has 2 aromatic rings. The summed E-state index contributed by atoms with van der Waals surface area (Å²) >= 11 is 0. The highest BCUT2D eigenvalue weighted by Gasteiger charge is 2.29. The normalized spacial score (nSPS) is 16.5. The zero-order valence-corrected chi connectivity index (χ0v) is 17.2. The minimum Gasteiger partial charge on any atom is -0.364 e. The van der Waals surface area contributed by atoms with Gasteiger partial charge in [-0.3, -0.25) is 4.99 Å². The molecule has 0 amide bonds. The SMILES string of the molecule is CN=C(NCCc1c(C)noc1C)N1CCN(S(=O)(=O)Cc2ccon2)CC1. The van der Waals surface area contributed by atoms with Crippen LogP contribution in [0.4, 0.5) is 0 Å². The number of piperazine rings is 1. The van der Waals surface area contributed by atoms with Crippen LogP contribution in [0.25, 0.3) is 0 Å².